The number of ether oxygens (including phenoxy) is 3. The lowest BCUT2D eigenvalue weighted by atomic mass is 9.97. The Hall–Kier alpha value is -2.20. The molecule has 106 valence electrons. The fourth-order valence-corrected chi connectivity index (χ4v) is 2.27. The quantitative estimate of drug-likeness (QED) is 0.910. The molecule has 2 rings (SSSR count). The summed E-state index contributed by atoms with van der Waals surface area (Å²) in [5.74, 6) is 2.14. The highest BCUT2D eigenvalue weighted by Crippen LogP contribution is 2.38. The first kappa shape index (κ1) is 14.2. The van der Waals surface area contributed by atoms with Gasteiger partial charge in [-0.3, -0.25) is 0 Å². The largest absolute Gasteiger partial charge is 0.496 e. The molecule has 0 radical (unpaired) electrons. The predicted octanol–water partition coefficient (Wildman–Crippen LogP) is 2.76. The molecule has 0 bridgehead atoms. The average molecular weight is 273 g/mol. The molecule has 0 fully saturated rings. The van der Waals surface area contributed by atoms with Gasteiger partial charge in [0.05, 0.1) is 32.9 Å². The van der Waals surface area contributed by atoms with Crippen LogP contribution in [0.1, 0.15) is 17.2 Å². The molecule has 0 saturated carbocycles. The fourth-order valence-electron chi connectivity index (χ4n) is 2.27. The van der Waals surface area contributed by atoms with Crippen LogP contribution in [0.15, 0.2) is 42.5 Å². The van der Waals surface area contributed by atoms with Crippen LogP contribution in [-0.4, -0.2) is 21.3 Å². The van der Waals surface area contributed by atoms with Gasteiger partial charge in [-0.15, -0.1) is 0 Å². The summed E-state index contributed by atoms with van der Waals surface area (Å²) in [5, 5.41) is 0. The van der Waals surface area contributed by atoms with Crippen LogP contribution in [0, 0.1) is 0 Å². The van der Waals surface area contributed by atoms with Crippen molar-refractivity contribution in [2.24, 2.45) is 5.73 Å². The van der Waals surface area contributed by atoms with E-state index in [1.54, 1.807) is 21.3 Å². The Morgan fingerprint density at radius 2 is 1.25 bits per heavy atom. The molecule has 2 N–H and O–H groups in total. The Morgan fingerprint density at radius 3 is 1.80 bits per heavy atom. The molecule has 4 nitrogen and oxygen atoms in total. The first-order valence-electron chi connectivity index (χ1n) is 6.32. The second kappa shape index (κ2) is 6.30. The van der Waals surface area contributed by atoms with Gasteiger partial charge in [-0.1, -0.05) is 24.3 Å². The molecular formula is C16H19NO3. The molecule has 1 unspecified atom stereocenters. The number of hydrogen-bond donors (Lipinski definition) is 1. The van der Waals surface area contributed by atoms with Crippen molar-refractivity contribution in [1.29, 1.82) is 0 Å². The van der Waals surface area contributed by atoms with E-state index in [0.717, 1.165) is 16.9 Å². The van der Waals surface area contributed by atoms with Gasteiger partial charge in [0, 0.05) is 5.56 Å². The molecule has 4 heteroatoms. The van der Waals surface area contributed by atoms with Crippen molar-refractivity contribution < 1.29 is 14.2 Å². The fraction of sp³-hybridized carbons (Fsp3) is 0.250. The van der Waals surface area contributed by atoms with E-state index in [1.165, 1.54) is 0 Å². The third-order valence-electron chi connectivity index (χ3n) is 3.25. The molecule has 0 saturated heterocycles. The molecule has 0 amide bonds. The molecule has 0 aliphatic rings. The van der Waals surface area contributed by atoms with E-state index >= 15 is 0 Å². The Labute approximate surface area is 119 Å². The minimum absolute atomic E-state index is 0.391. The summed E-state index contributed by atoms with van der Waals surface area (Å²) >= 11 is 0. The van der Waals surface area contributed by atoms with E-state index in [9.17, 15) is 0 Å². The van der Waals surface area contributed by atoms with Gasteiger partial charge in [-0.05, 0) is 18.2 Å². The number of benzene rings is 2. The third-order valence-corrected chi connectivity index (χ3v) is 3.25. The minimum Gasteiger partial charge on any atom is -0.496 e. The van der Waals surface area contributed by atoms with Crippen molar-refractivity contribution >= 4 is 0 Å². The lowest BCUT2D eigenvalue weighted by Crippen LogP contribution is -2.15. The monoisotopic (exact) mass is 273 g/mol. The van der Waals surface area contributed by atoms with Crippen LogP contribution in [-0.2, 0) is 0 Å². The van der Waals surface area contributed by atoms with Crippen LogP contribution in [0.4, 0.5) is 0 Å². The number of rotatable bonds is 5. The first-order valence-corrected chi connectivity index (χ1v) is 6.32. The Kier molecular flexibility index (Phi) is 4.48. The lowest BCUT2D eigenvalue weighted by Gasteiger charge is -2.20. The maximum Gasteiger partial charge on any atom is 0.127 e. The highest BCUT2D eigenvalue weighted by atomic mass is 16.5. The Balaban J connectivity index is 2.55. The van der Waals surface area contributed by atoms with E-state index in [1.807, 2.05) is 42.5 Å². The number of nitrogens with two attached hydrogens (primary N) is 1. The van der Waals surface area contributed by atoms with Crippen molar-refractivity contribution in [2.45, 2.75) is 6.04 Å². The van der Waals surface area contributed by atoms with Crippen LogP contribution in [0.25, 0.3) is 0 Å². The molecule has 2 aromatic carbocycles. The lowest BCUT2D eigenvalue weighted by molar-refractivity contribution is 0.379. The molecule has 2 aromatic rings. The van der Waals surface area contributed by atoms with E-state index in [-0.39, 0.29) is 0 Å². The van der Waals surface area contributed by atoms with Gasteiger partial charge in [0.25, 0.3) is 0 Å². The van der Waals surface area contributed by atoms with Gasteiger partial charge in [0.15, 0.2) is 0 Å². The normalized spacial score (nSPS) is 11.8. The van der Waals surface area contributed by atoms with Crippen LogP contribution < -0.4 is 19.9 Å². The van der Waals surface area contributed by atoms with Crippen LogP contribution in [0.3, 0.4) is 0 Å². The molecule has 0 spiro atoms. The van der Waals surface area contributed by atoms with E-state index in [4.69, 9.17) is 19.9 Å². The summed E-state index contributed by atoms with van der Waals surface area (Å²) in [7, 11) is 4.87. The zero-order valence-corrected chi connectivity index (χ0v) is 11.9. The molecule has 1 atom stereocenters. The van der Waals surface area contributed by atoms with Crippen LogP contribution in [0.2, 0.25) is 0 Å². The summed E-state index contributed by atoms with van der Waals surface area (Å²) in [5.41, 5.74) is 8.10. The Bertz CT molecular complexity index is 561. The van der Waals surface area contributed by atoms with Crippen molar-refractivity contribution in [3.63, 3.8) is 0 Å². The highest BCUT2D eigenvalue weighted by molar-refractivity contribution is 5.52. The van der Waals surface area contributed by atoms with Crippen molar-refractivity contribution in [2.75, 3.05) is 21.3 Å². The number of para-hydroxylation sites is 1. The highest BCUT2D eigenvalue weighted by Gasteiger charge is 2.21. The molecule has 20 heavy (non-hydrogen) atoms. The van der Waals surface area contributed by atoms with E-state index in [2.05, 4.69) is 0 Å². The van der Waals surface area contributed by atoms with E-state index in [0.29, 0.717) is 11.5 Å². The summed E-state index contributed by atoms with van der Waals surface area (Å²) < 4.78 is 16.2. The van der Waals surface area contributed by atoms with Gasteiger partial charge in [-0.25, -0.2) is 0 Å². The molecule has 0 aliphatic heterocycles. The topological polar surface area (TPSA) is 53.7 Å². The van der Waals surface area contributed by atoms with Crippen molar-refractivity contribution in [3.8, 4) is 17.2 Å². The number of hydrogen-bond acceptors (Lipinski definition) is 4. The second-order valence-corrected chi connectivity index (χ2v) is 4.30. The standard InChI is InChI=1S/C16H19NO3/c1-18-12-8-5-4-7-11(12)16(17)15-13(19-2)9-6-10-14(15)20-3/h4-10,16H,17H2,1-3H3. The van der Waals surface area contributed by atoms with Gasteiger partial charge in [0.2, 0.25) is 0 Å². The molecule has 0 heterocycles. The molecule has 0 aliphatic carbocycles. The van der Waals surface area contributed by atoms with Crippen molar-refractivity contribution in [1.82, 2.24) is 0 Å². The summed E-state index contributed by atoms with van der Waals surface area (Å²) in [6.45, 7) is 0. The minimum atomic E-state index is -0.391. The van der Waals surface area contributed by atoms with Gasteiger partial charge in [0.1, 0.15) is 17.2 Å². The van der Waals surface area contributed by atoms with Gasteiger partial charge in [-0.2, -0.15) is 0 Å². The predicted molar refractivity (Wildman–Crippen MR) is 78.6 cm³/mol. The van der Waals surface area contributed by atoms with Crippen molar-refractivity contribution in [3.05, 3.63) is 53.6 Å². The Morgan fingerprint density at radius 1 is 0.750 bits per heavy atom. The molecule has 0 aromatic heterocycles. The van der Waals surface area contributed by atoms with E-state index < -0.39 is 6.04 Å². The maximum absolute atomic E-state index is 6.41. The second-order valence-electron chi connectivity index (χ2n) is 4.30. The zero-order chi connectivity index (χ0) is 14.5. The smallest absolute Gasteiger partial charge is 0.127 e. The van der Waals surface area contributed by atoms with Crippen LogP contribution in [0.5, 0.6) is 17.2 Å². The zero-order valence-electron chi connectivity index (χ0n) is 11.9. The maximum atomic E-state index is 6.41. The van der Waals surface area contributed by atoms with Gasteiger partial charge < -0.3 is 19.9 Å². The van der Waals surface area contributed by atoms with Gasteiger partial charge >= 0.3 is 0 Å². The average Bonchev–Trinajstić information content (AvgIpc) is 2.53. The summed E-state index contributed by atoms with van der Waals surface area (Å²) in [6.07, 6.45) is 0. The number of methoxy groups -OCH3 is 3. The first-order chi connectivity index (χ1) is 9.72. The molecular weight excluding hydrogens is 254 g/mol. The SMILES string of the molecule is COc1ccccc1C(N)c1c(OC)cccc1OC. The summed E-state index contributed by atoms with van der Waals surface area (Å²) in [4.78, 5) is 0. The third kappa shape index (κ3) is 2.56. The van der Waals surface area contributed by atoms with Crippen LogP contribution >= 0.6 is 0 Å². The summed E-state index contributed by atoms with van der Waals surface area (Å²) in [6, 6.07) is 12.9.